The predicted octanol–water partition coefficient (Wildman–Crippen LogP) is 4.92. The summed E-state index contributed by atoms with van der Waals surface area (Å²) >= 11 is 13.6. The van der Waals surface area contributed by atoms with Gasteiger partial charge in [0, 0.05) is 15.7 Å². The minimum atomic E-state index is -0.147. The van der Waals surface area contributed by atoms with Gasteiger partial charge in [0.25, 0.3) is 0 Å². The molecule has 1 aromatic heterocycles. The van der Waals surface area contributed by atoms with Crippen LogP contribution < -0.4 is 5.32 Å². The molecule has 134 valence electrons. The highest BCUT2D eigenvalue weighted by Gasteiger charge is 2.11. The molecule has 0 fully saturated rings. The number of hydrogen-bond acceptors (Lipinski definition) is 4. The first-order valence-electron chi connectivity index (χ1n) is 7.79. The third kappa shape index (κ3) is 4.38. The van der Waals surface area contributed by atoms with Crippen LogP contribution in [-0.2, 0) is 4.79 Å². The standard InChI is InChI=1S/C18H16Cl2N4OS/c1-11-3-5-13(7-15(11)19)22-17(25)9-26-18-23-21-10-24(18)14-6-4-12(2)16(20)8-14/h3-8,10H,9H2,1-2H3,(H,22,25). The van der Waals surface area contributed by atoms with E-state index in [2.05, 4.69) is 15.5 Å². The Morgan fingerprint density at radius 2 is 1.81 bits per heavy atom. The Hall–Kier alpha value is -2.02. The molecule has 5 nitrogen and oxygen atoms in total. The monoisotopic (exact) mass is 406 g/mol. The van der Waals surface area contributed by atoms with Crippen molar-refractivity contribution in [1.29, 1.82) is 0 Å². The van der Waals surface area contributed by atoms with Crippen LogP contribution in [0.1, 0.15) is 11.1 Å². The van der Waals surface area contributed by atoms with E-state index in [1.165, 1.54) is 11.8 Å². The van der Waals surface area contributed by atoms with Crippen LogP contribution in [-0.4, -0.2) is 26.4 Å². The Labute approximate surface area is 165 Å². The summed E-state index contributed by atoms with van der Waals surface area (Å²) in [5.41, 5.74) is 3.47. The van der Waals surface area contributed by atoms with E-state index in [0.29, 0.717) is 20.9 Å². The number of hydrogen-bond donors (Lipinski definition) is 1. The van der Waals surface area contributed by atoms with Gasteiger partial charge in [-0.05, 0) is 49.2 Å². The molecule has 0 atom stereocenters. The van der Waals surface area contributed by atoms with E-state index in [-0.39, 0.29) is 11.7 Å². The number of nitrogens with zero attached hydrogens (tertiary/aromatic N) is 3. The van der Waals surface area contributed by atoms with Crippen molar-refractivity contribution in [3.8, 4) is 5.69 Å². The highest BCUT2D eigenvalue weighted by molar-refractivity contribution is 7.99. The molecular formula is C18H16Cl2N4OS. The lowest BCUT2D eigenvalue weighted by Gasteiger charge is -2.09. The lowest BCUT2D eigenvalue weighted by Crippen LogP contribution is -2.14. The minimum absolute atomic E-state index is 0.147. The molecule has 1 amide bonds. The molecule has 0 radical (unpaired) electrons. The Kier molecular flexibility index (Phi) is 5.86. The molecule has 1 heterocycles. The quantitative estimate of drug-likeness (QED) is 0.610. The van der Waals surface area contributed by atoms with E-state index < -0.39 is 0 Å². The maximum atomic E-state index is 12.2. The number of amides is 1. The predicted molar refractivity (Wildman–Crippen MR) is 107 cm³/mol. The molecule has 0 aliphatic heterocycles. The van der Waals surface area contributed by atoms with Crippen LogP contribution in [0.4, 0.5) is 5.69 Å². The summed E-state index contributed by atoms with van der Waals surface area (Å²) in [7, 11) is 0. The zero-order chi connectivity index (χ0) is 18.7. The van der Waals surface area contributed by atoms with Crippen LogP contribution in [0, 0.1) is 13.8 Å². The maximum Gasteiger partial charge on any atom is 0.234 e. The Morgan fingerprint density at radius 1 is 1.12 bits per heavy atom. The number of benzene rings is 2. The second-order valence-electron chi connectivity index (χ2n) is 5.72. The van der Waals surface area contributed by atoms with Crippen molar-refractivity contribution in [3.05, 3.63) is 63.9 Å². The molecule has 1 N–H and O–H groups in total. The lowest BCUT2D eigenvalue weighted by atomic mass is 10.2. The molecular weight excluding hydrogens is 391 g/mol. The van der Waals surface area contributed by atoms with Crippen molar-refractivity contribution in [2.24, 2.45) is 0 Å². The van der Waals surface area contributed by atoms with Crippen molar-refractivity contribution in [2.75, 3.05) is 11.1 Å². The fraction of sp³-hybridized carbons (Fsp3) is 0.167. The third-order valence-corrected chi connectivity index (χ3v) is 5.50. The molecule has 0 unspecified atom stereocenters. The minimum Gasteiger partial charge on any atom is -0.325 e. The fourth-order valence-corrected chi connectivity index (χ4v) is 3.31. The molecule has 3 rings (SSSR count). The van der Waals surface area contributed by atoms with Crippen LogP contribution in [0.15, 0.2) is 47.9 Å². The molecule has 0 bridgehead atoms. The second-order valence-corrected chi connectivity index (χ2v) is 7.47. The molecule has 0 saturated carbocycles. The van der Waals surface area contributed by atoms with Gasteiger partial charge in [0.2, 0.25) is 5.91 Å². The smallest absolute Gasteiger partial charge is 0.234 e. The number of halogens is 2. The van der Waals surface area contributed by atoms with E-state index in [9.17, 15) is 4.79 Å². The van der Waals surface area contributed by atoms with Gasteiger partial charge in [-0.2, -0.15) is 0 Å². The Balaban J connectivity index is 1.66. The van der Waals surface area contributed by atoms with E-state index in [1.54, 1.807) is 17.0 Å². The molecule has 0 aliphatic rings. The summed E-state index contributed by atoms with van der Waals surface area (Å²) in [6.45, 7) is 3.85. The van der Waals surface area contributed by atoms with Crippen molar-refractivity contribution in [2.45, 2.75) is 19.0 Å². The number of nitrogens with one attached hydrogen (secondary N) is 1. The SMILES string of the molecule is Cc1ccc(NC(=O)CSc2nncn2-c2ccc(C)c(Cl)c2)cc1Cl. The van der Waals surface area contributed by atoms with Gasteiger partial charge in [-0.3, -0.25) is 9.36 Å². The van der Waals surface area contributed by atoms with Gasteiger partial charge >= 0.3 is 0 Å². The summed E-state index contributed by atoms with van der Waals surface area (Å²) in [5.74, 6) is 0.0514. The second kappa shape index (κ2) is 8.12. The first-order chi connectivity index (χ1) is 12.4. The number of anilines is 1. The highest BCUT2D eigenvalue weighted by Crippen LogP contribution is 2.24. The normalized spacial score (nSPS) is 10.8. The van der Waals surface area contributed by atoms with Crippen molar-refractivity contribution in [3.63, 3.8) is 0 Å². The molecule has 0 saturated heterocycles. The largest absolute Gasteiger partial charge is 0.325 e. The molecule has 3 aromatic rings. The van der Waals surface area contributed by atoms with Gasteiger partial charge in [0.15, 0.2) is 5.16 Å². The maximum absolute atomic E-state index is 12.2. The first-order valence-corrected chi connectivity index (χ1v) is 9.53. The van der Waals surface area contributed by atoms with E-state index >= 15 is 0 Å². The zero-order valence-corrected chi connectivity index (χ0v) is 16.5. The number of carbonyl (C=O) groups is 1. The molecule has 26 heavy (non-hydrogen) atoms. The van der Waals surface area contributed by atoms with Crippen molar-refractivity contribution < 1.29 is 4.79 Å². The summed E-state index contributed by atoms with van der Waals surface area (Å²) < 4.78 is 1.80. The van der Waals surface area contributed by atoms with Gasteiger partial charge in [0.05, 0.1) is 11.4 Å². The van der Waals surface area contributed by atoms with Gasteiger partial charge in [0.1, 0.15) is 6.33 Å². The van der Waals surface area contributed by atoms with Crippen LogP contribution in [0.5, 0.6) is 0 Å². The average Bonchev–Trinajstić information content (AvgIpc) is 3.07. The number of carbonyl (C=O) groups excluding carboxylic acids is 1. The van der Waals surface area contributed by atoms with Crippen molar-refractivity contribution >= 4 is 46.6 Å². The number of thioether (sulfide) groups is 1. The molecule has 0 aliphatic carbocycles. The molecule has 2 aromatic carbocycles. The van der Waals surface area contributed by atoms with Gasteiger partial charge in [-0.25, -0.2) is 0 Å². The third-order valence-electron chi connectivity index (χ3n) is 3.74. The molecule has 0 spiro atoms. The van der Waals surface area contributed by atoms with Gasteiger partial charge < -0.3 is 5.32 Å². The highest BCUT2D eigenvalue weighted by atomic mass is 35.5. The summed E-state index contributed by atoms with van der Waals surface area (Å²) in [6.07, 6.45) is 1.60. The number of aryl methyl sites for hydroxylation is 2. The van der Waals surface area contributed by atoms with Crippen LogP contribution in [0.25, 0.3) is 5.69 Å². The van der Waals surface area contributed by atoms with E-state index in [1.807, 2.05) is 44.2 Å². The van der Waals surface area contributed by atoms with Gasteiger partial charge in [-0.1, -0.05) is 47.1 Å². The number of aromatic nitrogens is 3. The van der Waals surface area contributed by atoms with Gasteiger partial charge in [-0.15, -0.1) is 10.2 Å². The van der Waals surface area contributed by atoms with Crippen LogP contribution >= 0.6 is 35.0 Å². The van der Waals surface area contributed by atoms with Crippen molar-refractivity contribution in [1.82, 2.24) is 14.8 Å². The van der Waals surface area contributed by atoms with E-state index in [4.69, 9.17) is 23.2 Å². The zero-order valence-electron chi connectivity index (χ0n) is 14.2. The Morgan fingerprint density at radius 3 is 2.50 bits per heavy atom. The summed E-state index contributed by atoms with van der Waals surface area (Å²) in [6, 6.07) is 11.1. The van der Waals surface area contributed by atoms with E-state index in [0.717, 1.165) is 16.8 Å². The lowest BCUT2D eigenvalue weighted by molar-refractivity contribution is -0.113. The summed E-state index contributed by atoms with van der Waals surface area (Å²) in [5, 5.41) is 12.7. The fourth-order valence-electron chi connectivity index (χ4n) is 2.23. The molecule has 8 heteroatoms. The average molecular weight is 407 g/mol. The first kappa shape index (κ1) is 18.8. The van der Waals surface area contributed by atoms with Crippen LogP contribution in [0.3, 0.4) is 0 Å². The topological polar surface area (TPSA) is 59.8 Å². The van der Waals surface area contributed by atoms with Crippen LogP contribution in [0.2, 0.25) is 10.0 Å². The number of rotatable bonds is 5. The summed E-state index contributed by atoms with van der Waals surface area (Å²) in [4.78, 5) is 12.2. The Bertz CT molecular complexity index is 958.